The van der Waals surface area contributed by atoms with Gasteiger partial charge in [-0.05, 0) is 86.1 Å². The second-order valence-corrected chi connectivity index (χ2v) is 13.6. The molecule has 0 aliphatic heterocycles. The topological polar surface area (TPSA) is 65.2 Å². The van der Waals surface area contributed by atoms with E-state index in [4.69, 9.17) is 15.1 Å². The maximum absolute atomic E-state index is 9.36. The molecule has 0 unspecified atom stereocenters. The first-order valence-electron chi connectivity index (χ1n) is 19.7. The second-order valence-electron chi connectivity index (χ2n) is 13.6. The molecule has 0 heterocycles. The van der Waals surface area contributed by atoms with Gasteiger partial charge >= 0.3 is 0 Å². The SMILES string of the molecule is CCCCCCCCCCCCCCCCCc1ccc(N=CC(CCCC)=Nc2ccccc2)cc1.CCCc1ccc(O)c(O)c1C.[Ni]. The van der Waals surface area contributed by atoms with Crippen LogP contribution < -0.4 is 0 Å². The number of nitrogens with zero attached hydrogens (tertiary/aromatic N) is 2. The van der Waals surface area contributed by atoms with Gasteiger partial charge in [0.25, 0.3) is 0 Å². The van der Waals surface area contributed by atoms with Crippen molar-refractivity contribution in [2.45, 2.75) is 163 Å². The number of benzene rings is 3. The van der Waals surface area contributed by atoms with E-state index in [0.29, 0.717) is 0 Å². The Kier molecular flexibility index (Phi) is 26.9. The quantitative estimate of drug-likeness (QED) is 0.0418. The minimum Gasteiger partial charge on any atom is -0.504 e. The molecule has 0 aliphatic rings. The van der Waals surface area contributed by atoms with Gasteiger partial charge in [0, 0.05) is 22.7 Å². The number of aliphatic imine (C=N–C) groups is 2. The summed E-state index contributed by atoms with van der Waals surface area (Å²) in [5.74, 6) is -0.0201. The summed E-state index contributed by atoms with van der Waals surface area (Å²) in [5.41, 5.74) is 6.38. The van der Waals surface area contributed by atoms with Gasteiger partial charge < -0.3 is 10.2 Å². The summed E-state index contributed by atoms with van der Waals surface area (Å²) in [5, 5.41) is 18.5. The largest absolute Gasteiger partial charge is 0.504 e. The molecule has 0 spiro atoms. The molecule has 0 aliphatic carbocycles. The molecule has 3 aromatic rings. The van der Waals surface area contributed by atoms with Gasteiger partial charge in [0.1, 0.15) is 0 Å². The van der Waals surface area contributed by atoms with Crippen molar-refractivity contribution >= 4 is 23.3 Å². The molecule has 0 atom stereocenters. The van der Waals surface area contributed by atoms with Crippen LogP contribution in [-0.4, -0.2) is 22.1 Å². The molecule has 0 aromatic heterocycles. The van der Waals surface area contributed by atoms with E-state index in [-0.39, 0.29) is 28.0 Å². The summed E-state index contributed by atoms with van der Waals surface area (Å²) < 4.78 is 0. The molecule has 2 N–H and O–H groups in total. The van der Waals surface area contributed by atoms with Crippen LogP contribution >= 0.6 is 0 Å². The van der Waals surface area contributed by atoms with Gasteiger partial charge in [-0.3, -0.25) is 9.98 Å². The second kappa shape index (κ2) is 29.8. The summed E-state index contributed by atoms with van der Waals surface area (Å²) >= 11 is 0. The fourth-order valence-electron chi connectivity index (χ4n) is 6.04. The molecule has 3 rings (SSSR count). The zero-order valence-electron chi connectivity index (χ0n) is 31.9. The third kappa shape index (κ3) is 20.7. The van der Waals surface area contributed by atoms with E-state index in [2.05, 4.69) is 45.0 Å². The summed E-state index contributed by atoms with van der Waals surface area (Å²) in [4.78, 5) is 9.52. The van der Waals surface area contributed by atoms with Crippen molar-refractivity contribution in [3.05, 3.63) is 83.4 Å². The Morgan fingerprint density at radius 2 is 1.10 bits per heavy atom. The first-order chi connectivity index (χ1) is 24.0. The summed E-state index contributed by atoms with van der Waals surface area (Å²) in [6, 6.07) is 22.4. The standard InChI is InChI=1S/C35H54N2.C10H14O2.Ni/c1-3-5-7-8-9-10-11-12-13-14-15-16-17-18-20-23-32-27-29-33(30-28-32)36-31-35(24-6-4-2)37-34-25-21-19-22-26-34;1-3-4-8-5-6-9(11)10(12)7(8)2;/h19,21-22,25-31H,3-18,20,23-24H2,1-2H3;5-6,11-12H,3-4H2,1-2H3;. The van der Waals surface area contributed by atoms with Crippen LogP contribution in [0, 0.1) is 6.92 Å². The molecule has 3 aromatic carbocycles. The van der Waals surface area contributed by atoms with Crippen LogP contribution in [0.15, 0.2) is 76.7 Å². The molecule has 50 heavy (non-hydrogen) atoms. The van der Waals surface area contributed by atoms with Crippen molar-refractivity contribution < 1.29 is 26.7 Å². The summed E-state index contributed by atoms with van der Waals surface area (Å²) in [6.45, 7) is 8.42. The predicted molar refractivity (Wildman–Crippen MR) is 215 cm³/mol. The number of hydrogen-bond acceptors (Lipinski definition) is 4. The Balaban J connectivity index is 0.000000810. The molecule has 0 saturated heterocycles. The van der Waals surface area contributed by atoms with E-state index >= 15 is 0 Å². The fraction of sp³-hybridized carbons (Fsp3) is 0.556. The fourth-order valence-corrected chi connectivity index (χ4v) is 6.04. The Labute approximate surface area is 316 Å². The molecule has 0 radical (unpaired) electrons. The predicted octanol–water partition coefficient (Wildman–Crippen LogP) is 14.1. The number of aryl methyl sites for hydroxylation is 2. The van der Waals surface area contributed by atoms with E-state index in [1.165, 1.54) is 114 Å². The van der Waals surface area contributed by atoms with Crippen LogP contribution in [0.4, 0.5) is 11.4 Å². The number of unbranched alkanes of at least 4 members (excludes halogenated alkanes) is 15. The van der Waals surface area contributed by atoms with Crippen molar-refractivity contribution in [1.82, 2.24) is 0 Å². The van der Waals surface area contributed by atoms with Gasteiger partial charge in [0.05, 0.1) is 17.1 Å². The van der Waals surface area contributed by atoms with Crippen molar-refractivity contribution in [3.63, 3.8) is 0 Å². The molecule has 4 nitrogen and oxygen atoms in total. The Morgan fingerprint density at radius 1 is 0.560 bits per heavy atom. The molecule has 0 fully saturated rings. The van der Waals surface area contributed by atoms with Gasteiger partial charge in [-0.2, -0.15) is 0 Å². The van der Waals surface area contributed by atoms with Gasteiger partial charge in [-0.15, -0.1) is 0 Å². The summed E-state index contributed by atoms with van der Waals surface area (Å²) in [7, 11) is 0. The number of rotatable bonds is 24. The number of phenols is 2. The third-order valence-corrected chi connectivity index (χ3v) is 9.22. The average molecular weight is 728 g/mol. The number of hydrogen-bond donors (Lipinski definition) is 2. The normalized spacial score (nSPS) is 11.3. The van der Waals surface area contributed by atoms with Crippen LogP contribution in [0.1, 0.15) is 159 Å². The molecule has 0 saturated carbocycles. The minimum atomic E-state index is -0.0349. The molecular formula is C45H68N2NiO2. The van der Waals surface area contributed by atoms with Crippen LogP contribution in [0.3, 0.4) is 0 Å². The minimum absolute atomic E-state index is 0. The van der Waals surface area contributed by atoms with Crippen LogP contribution in [0.5, 0.6) is 11.5 Å². The summed E-state index contributed by atoms with van der Waals surface area (Å²) in [6.07, 6.45) is 29.7. The Bertz CT molecular complexity index is 1300. The van der Waals surface area contributed by atoms with Crippen LogP contribution in [0.2, 0.25) is 0 Å². The molecule has 0 bridgehead atoms. The van der Waals surface area contributed by atoms with Crippen LogP contribution in [-0.2, 0) is 29.3 Å². The zero-order valence-corrected chi connectivity index (χ0v) is 32.9. The first-order valence-corrected chi connectivity index (χ1v) is 19.7. The maximum Gasteiger partial charge on any atom is 0.160 e. The maximum atomic E-state index is 9.36. The first kappa shape index (κ1) is 45.1. The number of para-hydroxylation sites is 1. The van der Waals surface area contributed by atoms with E-state index in [1.54, 1.807) is 0 Å². The Morgan fingerprint density at radius 3 is 1.64 bits per heavy atom. The van der Waals surface area contributed by atoms with Crippen LogP contribution in [0.25, 0.3) is 0 Å². The number of phenolic OH excluding ortho intramolecular Hbond substituents is 2. The van der Waals surface area contributed by atoms with Gasteiger partial charge in [-0.1, -0.05) is 160 Å². The zero-order chi connectivity index (χ0) is 35.4. The van der Waals surface area contributed by atoms with E-state index in [0.717, 1.165) is 60.3 Å². The number of aromatic hydroxyl groups is 2. The van der Waals surface area contributed by atoms with Gasteiger partial charge in [-0.25, -0.2) is 0 Å². The average Bonchev–Trinajstić information content (AvgIpc) is 3.12. The molecule has 0 amide bonds. The Hall–Kier alpha value is -2.91. The van der Waals surface area contributed by atoms with Crippen molar-refractivity contribution in [1.29, 1.82) is 0 Å². The van der Waals surface area contributed by atoms with Crippen molar-refractivity contribution in [3.8, 4) is 11.5 Å². The monoisotopic (exact) mass is 726 g/mol. The molecule has 5 heteroatoms. The van der Waals surface area contributed by atoms with E-state index in [1.807, 2.05) is 49.5 Å². The van der Waals surface area contributed by atoms with Crippen molar-refractivity contribution in [2.24, 2.45) is 9.98 Å². The van der Waals surface area contributed by atoms with E-state index in [9.17, 15) is 5.11 Å². The molecular weight excluding hydrogens is 659 g/mol. The smallest absolute Gasteiger partial charge is 0.160 e. The third-order valence-electron chi connectivity index (χ3n) is 9.22. The van der Waals surface area contributed by atoms with Gasteiger partial charge in [0.15, 0.2) is 11.5 Å². The van der Waals surface area contributed by atoms with E-state index < -0.39 is 0 Å². The van der Waals surface area contributed by atoms with Gasteiger partial charge in [0.2, 0.25) is 0 Å². The molecule has 280 valence electrons. The van der Waals surface area contributed by atoms with Crippen molar-refractivity contribution in [2.75, 3.05) is 0 Å².